The molecule has 0 N–H and O–H groups in total. The summed E-state index contributed by atoms with van der Waals surface area (Å²) in [6.45, 7) is 0.391. The van der Waals surface area contributed by atoms with Crippen LogP contribution < -0.4 is 0 Å². The topological polar surface area (TPSA) is 105 Å². The summed E-state index contributed by atoms with van der Waals surface area (Å²) in [7, 11) is 1.84. The summed E-state index contributed by atoms with van der Waals surface area (Å²) in [6, 6.07) is 6.26. The van der Waals surface area contributed by atoms with Crippen molar-refractivity contribution in [3.05, 3.63) is 49.8 Å². The molecule has 22 heavy (non-hydrogen) atoms. The number of rotatable bonds is 4. The number of aromatic nitrogens is 6. The second-order valence-corrected chi connectivity index (χ2v) is 5.56. The summed E-state index contributed by atoms with van der Waals surface area (Å²) in [5.74, 6) is 0.499. The molecule has 0 fully saturated rings. The number of nitrogens with zero attached hydrogens (tertiary/aromatic N) is 7. The molecule has 0 unspecified atom stereocenters. The van der Waals surface area contributed by atoms with Crippen LogP contribution in [0.15, 0.2) is 30.5 Å². The molecule has 2 heterocycles. The van der Waals surface area contributed by atoms with Crippen molar-refractivity contribution in [1.29, 1.82) is 0 Å². The van der Waals surface area contributed by atoms with Crippen molar-refractivity contribution in [2.45, 2.75) is 6.54 Å². The van der Waals surface area contributed by atoms with Gasteiger partial charge in [0.2, 0.25) is 5.82 Å². The van der Waals surface area contributed by atoms with Crippen LogP contribution in [0.25, 0.3) is 11.4 Å². The van der Waals surface area contributed by atoms with Crippen molar-refractivity contribution >= 4 is 28.3 Å². The molecule has 0 radical (unpaired) electrons. The SMILES string of the molecule is Cn1ncc(-c2nnn(Cc3ccc([N+](=O)[O-])cc3)n2)c1I. The smallest absolute Gasteiger partial charge is 0.262 e. The zero-order valence-corrected chi connectivity index (χ0v) is 13.6. The third kappa shape index (κ3) is 2.81. The van der Waals surface area contributed by atoms with E-state index in [1.807, 2.05) is 7.05 Å². The van der Waals surface area contributed by atoms with Crippen LogP contribution >= 0.6 is 22.6 Å². The van der Waals surface area contributed by atoms with Crippen molar-refractivity contribution in [3.8, 4) is 11.4 Å². The highest BCUT2D eigenvalue weighted by Gasteiger charge is 2.13. The van der Waals surface area contributed by atoms with Crippen LogP contribution in [0.3, 0.4) is 0 Å². The lowest BCUT2D eigenvalue weighted by Crippen LogP contribution is -2.04. The van der Waals surface area contributed by atoms with Crippen molar-refractivity contribution in [1.82, 2.24) is 30.0 Å². The van der Waals surface area contributed by atoms with E-state index in [2.05, 4.69) is 43.1 Å². The molecule has 0 aliphatic carbocycles. The van der Waals surface area contributed by atoms with E-state index in [9.17, 15) is 10.1 Å². The first kappa shape index (κ1) is 14.6. The second-order valence-electron chi connectivity index (χ2n) is 4.54. The van der Waals surface area contributed by atoms with Crippen LogP contribution in [0.5, 0.6) is 0 Å². The Hall–Kier alpha value is -2.37. The number of hydrogen-bond acceptors (Lipinski definition) is 6. The zero-order valence-electron chi connectivity index (χ0n) is 11.4. The Morgan fingerprint density at radius 3 is 2.64 bits per heavy atom. The molecule has 10 heteroatoms. The molecule has 0 atom stereocenters. The molecule has 3 rings (SSSR count). The third-order valence-corrected chi connectivity index (χ3v) is 4.31. The standard InChI is InChI=1S/C12H10IN7O2/c1-18-11(13)10(6-14-18)12-15-17-19(16-12)7-8-2-4-9(5-3-8)20(21)22/h2-6H,7H2,1H3. The Bertz CT molecular complexity index is 824. The number of non-ortho nitro benzene ring substituents is 1. The molecule has 0 spiro atoms. The fraction of sp³-hybridized carbons (Fsp3) is 0.167. The fourth-order valence-electron chi connectivity index (χ4n) is 1.88. The van der Waals surface area contributed by atoms with Crippen LogP contribution in [0.4, 0.5) is 5.69 Å². The number of nitro groups is 1. The van der Waals surface area contributed by atoms with Crippen LogP contribution in [0.2, 0.25) is 0 Å². The van der Waals surface area contributed by atoms with Crippen LogP contribution in [-0.2, 0) is 13.6 Å². The molecule has 3 aromatic rings. The summed E-state index contributed by atoms with van der Waals surface area (Å²) in [5.41, 5.74) is 1.73. The van der Waals surface area contributed by atoms with Crippen LogP contribution in [0.1, 0.15) is 5.56 Å². The lowest BCUT2D eigenvalue weighted by atomic mass is 10.2. The van der Waals surface area contributed by atoms with E-state index < -0.39 is 4.92 Å². The monoisotopic (exact) mass is 411 g/mol. The molecule has 1 aromatic carbocycles. The van der Waals surface area contributed by atoms with Gasteiger partial charge >= 0.3 is 0 Å². The molecular weight excluding hydrogens is 401 g/mol. The summed E-state index contributed by atoms with van der Waals surface area (Å²) >= 11 is 2.17. The zero-order chi connectivity index (χ0) is 15.7. The average molecular weight is 411 g/mol. The molecule has 9 nitrogen and oxygen atoms in total. The highest BCUT2D eigenvalue weighted by molar-refractivity contribution is 14.1. The van der Waals surface area contributed by atoms with E-state index in [-0.39, 0.29) is 5.69 Å². The van der Waals surface area contributed by atoms with E-state index in [0.717, 1.165) is 14.8 Å². The predicted octanol–water partition coefficient (Wildman–Crippen LogP) is 1.63. The van der Waals surface area contributed by atoms with E-state index >= 15 is 0 Å². The molecule has 2 aromatic heterocycles. The van der Waals surface area contributed by atoms with Gasteiger partial charge in [-0.05, 0) is 33.4 Å². The summed E-state index contributed by atoms with van der Waals surface area (Å²) in [4.78, 5) is 11.6. The van der Waals surface area contributed by atoms with Gasteiger partial charge in [-0.1, -0.05) is 12.1 Å². The van der Waals surface area contributed by atoms with Gasteiger partial charge in [-0.25, -0.2) is 0 Å². The quantitative estimate of drug-likeness (QED) is 0.367. The van der Waals surface area contributed by atoms with Gasteiger partial charge in [0.25, 0.3) is 5.69 Å². The van der Waals surface area contributed by atoms with Gasteiger partial charge in [-0.3, -0.25) is 14.8 Å². The Morgan fingerprint density at radius 2 is 2.05 bits per heavy atom. The number of halogens is 1. The first-order valence-corrected chi connectivity index (χ1v) is 7.31. The first-order chi connectivity index (χ1) is 10.5. The molecular formula is C12H10IN7O2. The number of nitro benzene ring substituents is 1. The van der Waals surface area contributed by atoms with Gasteiger partial charge in [0, 0.05) is 19.2 Å². The second kappa shape index (κ2) is 5.79. The van der Waals surface area contributed by atoms with Gasteiger partial charge in [0.15, 0.2) is 0 Å². The highest BCUT2D eigenvalue weighted by atomic mass is 127. The minimum absolute atomic E-state index is 0.0564. The number of tetrazole rings is 1. The van der Waals surface area contributed by atoms with E-state index in [0.29, 0.717) is 12.4 Å². The number of hydrogen-bond donors (Lipinski definition) is 0. The minimum atomic E-state index is -0.431. The molecule has 0 bridgehead atoms. The summed E-state index contributed by atoms with van der Waals surface area (Å²) in [6.07, 6.45) is 1.69. The number of aryl methyl sites for hydroxylation is 1. The van der Waals surface area contributed by atoms with Gasteiger partial charge < -0.3 is 0 Å². The first-order valence-electron chi connectivity index (χ1n) is 6.23. The van der Waals surface area contributed by atoms with E-state index in [4.69, 9.17) is 0 Å². The molecule has 0 amide bonds. The minimum Gasteiger partial charge on any atom is -0.262 e. The van der Waals surface area contributed by atoms with E-state index in [1.54, 1.807) is 23.0 Å². The normalized spacial score (nSPS) is 10.8. The molecule has 0 aliphatic heterocycles. The van der Waals surface area contributed by atoms with Crippen molar-refractivity contribution < 1.29 is 4.92 Å². The Morgan fingerprint density at radius 1 is 1.32 bits per heavy atom. The fourth-order valence-corrected chi connectivity index (χ4v) is 2.38. The Balaban J connectivity index is 1.79. The lowest BCUT2D eigenvalue weighted by molar-refractivity contribution is -0.384. The predicted molar refractivity (Wildman–Crippen MR) is 84.9 cm³/mol. The molecule has 0 saturated heterocycles. The van der Waals surface area contributed by atoms with Gasteiger partial charge in [-0.15, -0.1) is 10.2 Å². The van der Waals surface area contributed by atoms with Crippen molar-refractivity contribution in [2.75, 3.05) is 0 Å². The largest absolute Gasteiger partial charge is 0.269 e. The van der Waals surface area contributed by atoms with Gasteiger partial charge in [0.05, 0.1) is 23.2 Å². The molecule has 0 aliphatic rings. The molecule has 112 valence electrons. The maximum atomic E-state index is 10.6. The lowest BCUT2D eigenvalue weighted by Gasteiger charge is -1.99. The average Bonchev–Trinajstić information content (AvgIpc) is 3.08. The van der Waals surface area contributed by atoms with Gasteiger partial charge in [0.1, 0.15) is 3.70 Å². The van der Waals surface area contributed by atoms with Crippen molar-refractivity contribution in [2.24, 2.45) is 7.05 Å². The Kier molecular flexibility index (Phi) is 3.83. The Labute approximate surface area is 138 Å². The number of benzene rings is 1. The van der Waals surface area contributed by atoms with Crippen LogP contribution in [-0.4, -0.2) is 34.9 Å². The highest BCUT2D eigenvalue weighted by Crippen LogP contribution is 2.20. The maximum absolute atomic E-state index is 10.6. The van der Waals surface area contributed by atoms with Crippen LogP contribution in [0, 0.1) is 13.8 Å². The molecule has 0 saturated carbocycles. The third-order valence-electron chi connectivity index (χ3n) is 3.03. The summed E-state index contributed by atoms with van der Waals surface area (Å²) < 4.78 is 2.65. The maximum Gasteiger partial charge on any atom is 0.269 e. The summed E-state index contributed by atoms with van der Waals surface area (Å²) in [5, 5.41) is 27.1. The van der Waals surface area contributed by atoms with E-state index in [1.165, 1.54) is 16.9 Å². The van der Waals surface area contributed by atoms with Gasteiger partial charge in [-0.2, -0.15) is 9.90 Å². The van der Waals surface area contributed by atoms with Crippen molar-refractivity contribution in [3.63, 3.8) is 0 Å².